The van der Waals surface area contributed by atoms with Crippen LogP contribution in [0.3, 0.4) is 0 Å². The van der Waals surface area contributed by atoms with E-state index in [1.165, 1.54) is 16.9 Å². The molecule has 0 spiro atoms. The summed E-state index contributed by atoms with van der Waals surface area (Å²) in [5, 5.41) is 11.6. The predicted molar refractivity (Wildman–Crippen MR) is 112 cm³/mol. The van der Waals surface area contributed by atoms with Crippen molar-refractivity contribution in [3.63, 3.8) is 0 Å². The van der Waals surface area contributed by atoms with Gasteiger partial charge in [0.2, 0.25) is 0 Å². The molecular formula is C20H20N4O2S2. The molecule has 0 saturated heterocycles. The predicted octanol–water partition coefficient (Wildman–Crippen LogP) is 4.22. The summed E-state index contributed by atoms with van der Waals surface area (Å²) in [5.74, 6) is 2.36. The highest BCUT2D eigenvalue weighted by Gasteiger charge is 2.18. The minimum absolute atomic E-state index is 0.0820. The van der Waals surface area contributed by atoms with Crippen LogP contribution in [-0.2, 0) is 13.1 Å². The second-order valence-corrected chi connectivity index (χ2v) is 8.29. The highest BCUT2D eigenvalue weighted by Crippen LogP contribution is 2.28. The van der Waals surface area contributed by atoms with Crippen LogP contribution in [0.2, 0.25) is 0 Å². The maximum absolute atomic E-state index is 11.9. The molecule has 3 aromatic heterocycles. The van der Waals surface area contributed by atoms with Crippen LogP contribution >= 0.6 is 23.1 Å². The summed E-state index contributed by atoms with van der Waals surface area (Å²) < 4.78 is 9.38. The van der Waals surface area contributed by atoms with Gasteiger partial charge >= 0.3 is 4.87 Å². The van der Waals surface area contributed by atoms with Crippen molar-refractivity contribution < 1.29 is 4.42 Å². The first-order valence-electron chi connectivity index (χ1n) is 8.93. The van der Waals surface area contributed by atoms with Crippen molar-refractivity contribution in [2.75, 3.05) is 5.75 Å². The van der Waals surface area contributed by atoms with E-state index in [1.54, 1.807) is 22.6 Å². The van der Waals surface area contributed by atoms with Crippen LogP contribution in [0.1, 0.15) is 17.0 Å². The molecule has 0 amide bonds. The lowest BCUT2D eigenvalue weighted by Crippen LogP contribution is -2.16. The molecule has 144 valence electrons. The zero-order chi connectivity index (χ0) is 19.5. The lowest BCUT2D eigenvalue weighted by molar-refractivity contribution is 0.534. The highest BCUT2D eigenvalue weighted by molar-refractivity contribution is 7.99. The van der Waals surface area contributed by atoms with Crippen molar-refractivity contribution in [3.8, 4) is 11.4 Å². The van der Waals surface area contributed by atoms with E-state index in [1.807, 2.05) is 43.5 Å². The molecule has 0 aliphatic rings. The van der Waals surface area contributed by atoms with Gasteiger partial charge in [-0.05, 0) is 25.5 Å². The molecule has 4 aromatic rings. The molecule has 0 atom stereocenters. The van der Waals surface area contributed by atoms with E-state index in [2.05, 4.69) is 26.9 Å². The van der Waals surface area contributed by atoms with Crippen LogP contribution < -0.4 is 4.87 Å². The Morgan fingerprint density at radius 2 is 1.93 bits per heavy atom. The van der Waals surface area contributed by atoms with Crippen molar-refractivity contribution in [2.24, 2.45) is 0 Å². The molecule has 6 nitrogen and oxygen atoms in total. The van der Waals surface area contributed by atoms with E-state index in [0.29, 0.717) is 13.1 Å². The molecule has 8 heteroatoms. The van der Waals surface area contributed by atoms with Gasteiger partial charge in [0, 0.05) is 23.4 Å². The average molecular weight is 413 g/mol. The van der Waals surface area contributed by atoms with Gasteiger partial charge in [0.15, 0.2) is 11.0 Å². The topological polar surface area (TPSA) is 65.8 Å². The van der Waals surface area contributed by atoms with Gasteiger partial charge in [0.1, 0.15) is 5.76 Å². The minimum atomic E-state index is 0.0820. The number of aromatic nitrogens is 4. The van der Waals surface area contributed by atoms with Crippen LogP contribution in [0.4, 0.5) is 0 Å². The monoisotopic (exact) mass is 412 g/mol. The smallest absolute Gasteiger partial charge is 0.307 e. The van der Waals surface area contributed by atoms with E-state index >= 15 is 0 Å². The fraction of sp³-hybridized carbons (Fsp3) is 0.250. The molecule has 3 heterocycles. The van der Waals surface area contributed by atoms with Gasteiger partial charge in [-0.3, -0.25) is 9.36 Å². The molecule has 0 N–H and O–H groups in total. The average Bonchev–Trinajstić information content (AvgIpc) is 3.38. The number of rotatable bonds is 7. The normalized spacial score (nSPS) is 11.2. The second kappa shape index (κ2) is 8.20. The third kappa shape index (κ3) is 3.83. The number of thiazole rings is 1. The molecule has 0 unspecified atom stereocenters. The molecule has 0 aliphatic carbocycles. The number of hydrogen-bond acceptors (Lipinski definition) is 6. The second-order valence-electron chi connectivity index (χ2n) is 6.41. The van der Waals surface area contributed by atoms with E-state index in [-0.39, 0.29) is 4.87 Å². The van der Waals surface area contributed by atoms with Crippen molar-refractivity contribution in [1.29, 1.82) is 0 Å². The number of hydrogen-bond donors (Lipinski definition) is 0. The lowest BCUT2D eigenvalue weighted by atomic mass is 10.2. The van der Waals surface area contributed by atoms with E-state index in [9.17, 15) is 4.79 Å². The quantitative estimate of drug-likeness (QED) is 0.425. The number of furan rings is 1. The molecule has 4 rings (SSSR count). The first kappa shape index (κ1) is 18.8. The fourth-order valence-electron chi connectivity index (χ4n) is 3.02. The van der Waals surface area contributed by atoms with Gasteiger partial charge < -0.3 is 8.98 Å². The maximum Gasteiger partial charge on any atom is 0.307 e. The number of thioether (sulfide) groups is 1. The first-order valence-corrected chi connectivity index (χ1v) is 10.8. The number of benzene rings is 1. The third-order valence-electron chi connectivity index (χ3n) is 4.52. The lowest BCUT2D eigenvalue weighted by Gasteiger charge is -2.10. The Labute approximate surface area is 170 Å². The maximum atomic E-state index is 11.9. The van der Waals surface area contributed by atoms with Gasteiger partial charge in [-0.1, -0.05) is 53.4 Å². The van der Waals surface area contributed by atoms with Gasteiger partial charge in [0.05, 0.1) is 18.4 Å². The minimum Gasteiger partial charge on any atom is -0.469 e. The first-order chi connectivity index (χ1) is 13.6. The largest absolute Gasteiger partial charge is 0.469 e. The van der Waals surface area contributed by atoms with Crippen LogP contribution in [0.15, 0.2) is 62.4 Å². The third-order valence-corrected chi connectivity index (χ3v) is 6.35. The Hall–Kier alpha value is -2.58. The highest BCUT2D eigenvalue weighted by atomic mass is 32.2. The zero-order valence-corrected chi connectivity index (χ0v) is 17.3. The SMILES string of the molecule is Cc1occc1-c1nnc(SCCn2c(C)csc2=O)n1Cc1ccccc1. The molecule has 0 radical (unpaired) electrons. The molecule has 28 heavy (non-hydrogen) atoms. The van der Waals surface area contributed by atoms with Crippen LogP contribution in [0.25, 0.3) is 11.4 Å². The van der Waals surface area contributed by atoms with Crippen LogP contribution in [0, 0.1) is 13.8 Å². The molecular weight excluding hydrogens is 392 g/mol. The van der Waals surface area contributed by atoms with E-state index in [4.69, 9.17) is 4.42 Å². The summed E-state index contributed by atoms with van der Waals surface area (Å²) in [6.07, 6.45) is 1.67. The van der Waals surface area contributed by atoms with Gasteiger partial charge in [-0.15, -0.1) is 10.2 Å². The summed E-state index contributed by atoms with van der Waals surface area (Å²) in [7, 11) is 0. The Morgan fingerprint density at radius 1 is 1.11 bits per heavy atom. The summed E-state index contributed by atoms with van der Waals surface area (Å²) in [4.78, 5) is 12.0. The number of aryl methyl sites for hydroxylation is 2. The summed E-state index contributed by atoms with van der Waals surface area (Å²) >= 11 is 2.85. The fourth-order valence-corrected chi connectivity index (χ4v) is 4.65. The molecule has 0 bridgehead atoms. The van der Waals surface area contributed by atoms with Crippen LogP contribution in [0.5, 0.6) is 0 Å². The Kier molecular flexibility index (Phi) is 5.50. The van der Waals surface area contributed by atoms with Crippen LogP contribution in [-0.4, -0.2) is 25.1 Å². The van der Waals surface area contributed by atoms with E-state index in [0.717, 1.165) is 33.8 Å². The zero-order valence-electron chi connectivity index (χ0n) is 15.7. The standard InChI is InChI=1S/C20H20N4O2S2/c1-14-13-28-20(25)23(14)9-11-27-19-22-21-18(17-8-10-26-15(17)2)24(19)12-16-6-4-3-5-7-16/h3-8,10,13H,9,11-12H2,1-2H3. The Morgan fingerprint density at radius 3 is 2.61 bits per heavy atom. The van der Waals surface area contributed by atoms with Crippen molar-refractivity contribution in [3.05, 3.63) is 74.7 Å². The van der Waals surface area contributed by atoms with Gasteiger partial charge in [-0.25, -0.2) is 0 Å². The molecule has 0 fully saturated rings. The van der Waals surface area contributed by atoms with Gasteiger partial charge in [0.25, 0.3) is 0 Å². The summed E-state index contributed by atoms with van der Waals surface area (Å²) in [6.45, 7) is 5.21. The van der Waals surface area contributed by atoms with Crippen molar-refractivity contribution >= 4 is 23.1 Å². The van der Waals surface area contributed by atoms with Crippen molar-refractivity contribution in [2.45, 2.75) is 32.1 Å². The Balaban J connectivity index is 1.60. The number of nitrogens with zero attached hydrogens (tertiary/aromatic N) is 4. The molecule has 0 saturated carbocycles. The van der Waals surface area contributed by atoms with Crippen molar-refractivity contribution in [1.82, 2.24) is 19.3 Å². The summed E-state index contributed by atoms with van der Waals surface area (Å²) in [5.41, 5.74) is 3.12. The molecule has 0 aliphatic heterocycles. The molecule has 1 aromatic carbocycles. The summed E-state index contributed by atoms with van der Waals surface area (Å²) in [6, 6.07) is 12.2. The van der Waals surface area contributed by atoms with E-state index < -0.39 is 0 Å². The Bertz CT molecular complexity index is 1120. The van der Waals surface area contributed by atoms with Gasteiger partial charge in [-0.2, -0.15) is 0 Å².